The van der Waals surface area contributed by atoms with Crippen LogP contribution in [0.5, 0.6) is 0 Å². The summed E-state index contributed by atoms with van der Waals surface area (Å²) in [7, 11) is 0. The Kier molecular flexibility index (Phi) is 5.35. The minimum atomic E-state index is -0.914. The SMILES string of the molecule is C[C@H]1CCCC[C@@H]1N1C(=O)C(=O)N(CC(=O)NCc2ccccc2)C1=O. The van der Waals surface area contributed by atoms with E-state index in [1.165, 1.54) is 0 Å². The average Bonchev–Trinajstić information content (AvgIpc) is 2.85. The van der Waals surface area contributed by atoms with Gasteiger partial charge in [0, 0.05) is 12.6 Å². The van der Waals surface area contributed by atoms with Gasteiger partial charge < -0.3 is 5.32 Å². The van der Waals surface area contributed by atoms with Crippen molar-refractivity contribution in [1.82, 2.24) is 15.1 Å². The van der Waals surface area contributed by atoms with Crippen molar-refractivity contribution in [3.05, 3.63) is 35.9 Å². The highest BCUT2D eigenvalue weighted by Crippen LogP contribution is 2.31. The normalized spacial score (nSPS) is 23.5. The fourth-order valence-corrected chi connectivity index (χ4v) is 3.63. The molecule has 0 spiro atoms. The third-order valence-corrected chi connectivity index (χ3v) is 5.12. The molecule has 3 rings (SSSR count). The van der Waals surface area contributed by atoms with E-state index >= 15 is 0 Å². The van der Waals surface area contributed by atoms with Crippen molar-refractivity contribution in [3.8, 4) is 0 Å². The summed E-state index contributed by atoms with van der Waals surface area (Å²) in [5.74, 6) is -2.04. The molecule has 2 atom stereocenters. The van der Waals surface area contributed by atoms with Gasteiger partial charge in [-0.05, 0) is 24.3 Å². The van der Waals surface area contributed by atoms with Crippen molar-refractivity contribution in [2.75, 3.05) is 6.54 Å². The third kappa shape index (κ3) is 3.61. The first kappa shape index (κ1) is 18.1. The summed E-state index contributed by atoms with van der Waals surface area (Å²) >= 11 is 0. The lowest BCUT2D eigenvalue weighted by molar-refractivity contribution is -0.145. The molecule has 1 aliphatic heterocycles. The van der Waals surface area contributed by atoms with Gasteiger partial charge in [0.15, 0.2) is 0 Å². The second kappa shape index (κ2) is 7.68. The van der Waals surface area contributed by atoms with Crippen molar-refractivity contribution in [1.29, 1.82) is 0 Å². The zero-order chi connectivity index (χ0) is 18.7. The molecule has 138 valence electrons. The molecule has 1 saturated heterocycles. The molecule has 2 aliphatic rings. The predicted molar refractivity (Wildman–Crippen MR) is 93.7 cm³/mol. The molecule has 5 amide bonds. The van der Waals surface area contributed by atoms with Crippen LogP contribution in [0.1, 0.15) is 38.2 Å². The molecule has 1 aromatic rings. The Morgan fingerprint density at radius 1 is 1.08 bits per heavy atom. The van der Waals surface area contributed by atoms with Gasteiger partial charge in [-0.15, -0.1) is 0 Å². The number of rotatable bonds is 5. The van der Waals surface area contributed by atoms with Crippen LogP contribution in [0, 0.1) is 5.92 Å². The summed E-state index contributed by atoms with van der Waals surface area (Å²) in [6.07, 6.45) is 3.62. The van der Waals surface area contributed by atoms with Crippen molar-refractivity contribution in [2.45, 2.75) is 45.2 Å². The van der Waals surface area contributed by atoms with Gasteiger partial charge in [-0.25, -0.2) is 9.69 Å². The van der Waals surface area contributed by atoms with E-state index in [0.29, 0.717) is 13.0 Å². The molecule has 0 radical (unpaired) electrons. The number of urea groups is 1. The standard InChI is InChI=1S/C19H23N3O4/c1-13-7-5-6-10-15(13)22-18(25)17(24)21(19(22)26)12-16(23)20-11-14-8-3-2-4-9-14/h2-4,8-9,13,15H,5-7,10-12H2,1H3,(H,20,23)/t13-,15-/m0/s1. The van der Waals surface area contributed by atoms with Crippen LogP contribution >= 0.6 is 0 Å². The highest BCUT2D eigenvalue weighted by Gasteiger charge is 2.49. The fraction of sp³-hybridized carbons (Fsp3) is 0.474. The van der Waals surface area contributed by atoms with Crippen LogP contribution in [-0.4, -0.2) is 46.1 Å². The maximum Gasteiger partial charge on any atom is 0.334 e. The average molecular weight is 357 g/mol. The molecule has 1 saturated carbocycles. The van der Waals surface area contributed by atoms with Gasteiger partial charge >= 0.3 is 17.8 Å². The number of benzene rings is 1. The van der Waals surface area contributed by atoms with Gasteiger partial charge in [0.05, 0.1) is 0 Å². The molecule has 0 bridgehead atoms. The smallest absolute Gasteiger partial charge is 0.334 e. The number of hydrogen-bond donors (Lipinski definition) is 1. The van der Waals surface area contributed by atoms with Crippen molar-refractivity contribution >= 4 is 23.8 Å². The summed E-state index contributed by atoms with van der Waals surface area (Å²) < 4.78 is 0. The van der Waals surface area contributed by atoms with Gasteiger partial charge in [-0.1, -0.05) is 50.1 Å². The summed E-state index contributed by atoms with van der Waals surface area (Å²) in [5.41, 5.74) is 0.911. The Morgan fingerprint density at radius 3 is 2.46 bits per heavy atom. The largest absolute Gasteiger partial charge is 0.350 e. The number of carbonyl (C=O) groups is 4. The molecule has 1 heterocycles. The molecule has 26 heavy (non-hydrogen) atoms. The number of imide groups is 2. The highest BCUT2D eigenvalue weighted by molar-refractivity contribution is 6.45. The summed E-state index contributed by atoms with van der Waals surface area (Å²) in [4.78, 5) is 51.1. The number of hydrogen-bond acceptors (Lipinski definition) is 4. The first-order valence-corrected chi connectivity index (χ1v) is 8.98. The second-order valence-electron chi connectivity index (χ2n) is 6.94. The van der Waals surface area contributed by atoms with E-state index in [1.807, 2.05) is 37.3 Å². The molecular weight excluding hydrogens is 334 g/mol. The maximum absolute atomic E-state index is 12.6. The van der Waals surface area contributed by atoms with Crippen molar-refractivity contribution in [3.63, 3.8) is 0 Å². The quantitative estimate of drug-likeness (QED) is 0.641. The molecule has 1 aliphatic carbocycles. The second-order valence-corrected chi connectivity index (χ2v) is 6.94. The van der Waals surface area contributed by atoms with E-state index < -0.39 is 30.3 Å². The van der Waals surface area contributed by atoms with E-state index in [1.54, 1.807) is 0 Å². The Labute approximate surface area is 152 Å². The Bertz CT molecular complexity index is 719. The molecule has 0 aromatic heterocycles. The summed E-state index contributed by atoms with van der Waals surface area (Å²) in [6.45, 7) is 1.85. The minimum Gasteiger partial charge on any atom is -0.350 e. The maximum atomic E-state index is 12.6. The lowest BCUT2D eigenvalue weighted by Gasteiger charge is -2.34. The van der Waals surface area contributed by atoms with Crippen LogP contribution in [0.2, 0.25) is 0 Å². The summed E-state index contributed by atoms with van der Waals surface area (Å²) in [6, 6.07) is 8.39. The van der Waals surface area contributed by atoms with Gasteiger partial charge in [0.25, 0.3) is 0 Å². The first-order valence-electron chi connectivity index (χ1n) is 8.98. The van der Waals surface area contributed by atoms with E-state index in [0.717, 1.165) is 34.6 Å². The Balaban J connectivity index is 1.62. The highest BCUT2D eigenvalue weighted by atomic mass is 16.2. The predicted octanol–water partition coefficient (Wildman–Crippen LogP) is 1.67. The van der Waals surface area contributed by atoms with Crippen LogP contribution in [0.25, 0.3) is 0 Å². The third-order valence-electron chi connectivity index (χ3n) is 5.12. The van der Waals surface area contributed by atoms with Gasteiger partial charge in [0.2, 0.25) is 5.91 Å². The molecule has 1 N–H and O–H groups in total. The van der Waals surface area contributed by atoms with Crippen molar-refractivity contribution < 1.29 is 19.2 Å². The van der Waals surface area contributed by atoms with Crippen LogP contribution in [0.3, 0.4) is 0 Å². The Hall–Kier alpha value is -2.70. The lowest BCUT2D eigenvalue weighted by atomic mass is 9.85. The van der Waals surface area contributed by atoms with E-state index in [2.05, 4.69) is 5.32 Å². The topological polar surface area (TPSA) is 86.8 Å². The number of amides is 5. The van der Waals surface area contributed by atoms with Crippen LogP contribution in [0.4, 0.5) is 4.79 Å². The lowest BCUT2D eigenvalue weighted by Crippen LogP contribution is -2.47. The molecule has 7 heteroatoms. The number of carbonyl (C=O) groups excluding carboxylic acids is 4. The van der Waals surface area contributed by atoms with Gasteiger partial charge in [-0.2, -0.15) is 0 Å². The molecule has 7 nitrogen and oxygen atoms in total. The molecule has 2 fully saturated rings. The van der Waals surface area contributed by atoms with E-state index in [-0.39, 0.29) is 12.0 Å². The molecule has 0 unspecified atom stereocenters. The fourth-order valence-electron chi connectivity index (χ4n) is 3.63. The Morgan fingerprint density at radius 2 is 1.77 bits per heavy atom. The van der Waals surface area contributed by atoms with E-state index in [9.17, 15) is 19.2 Å². The van der Waals surface area contributed by atoms with Gasteiger partial charge in [-0.3, -0.25) is 19.3 Å². The number of nitrogens with zero attached hydrogens (tertiary/aromatic N) is 2. The first-order chi connectivity index (χ1) is 12.5. The summed E-state index contributed by atoms with van der Waals surface area (Å²) in [5, 5.41) is 2.67. The molecule has 1 aromatic carbocycles. The monoisotopic (exact) mass is 357 g/mol. The van der Waals surface area contributed by atoms with Crippen LogP contribution < -0.4 is 5.32 Å². The zero-order valence-electron chi connectivity index (χ0n) is 14.8. The minimum absolute atomic E-state index is 0.163. The van der Waals surface area contributed by atoms with Gasteiger partial charge in [0.1, 0.15) is 6.54 Å². The molecular formula is C19H23N3O4. The number of nitrogens with one attached hydrogen (secondary N) is 1. The van der Waals surface area contributed by atoms with Crippen LogP contribution in [-0.2, 0) is 20.9 Å². The van der Waals surface area contributed by atoms with Crippen LogP contribution in [0.15, 0.2) is 30.3 Å². The van der Waals surface area contributed by atoms with E-state index in [4.69, 9.17) is 0 Å². The van der Waals surface area contributed by atoms with Crippen molar-refractivity contribution in [2.24, 2.45) is 5.92 Å². The zero-order valence-corrected chi connectivity index (χ0v) is 14.8.